The summed E-state index contributed by atoms with van der Waals surface area (Å²) in [6.45, 7) is 0.250. The lowest BCUT2D eigenvalue weighted by atomic mass is 9.98. The number of nitrogens with zero attached hydrogens (tertiary/aromatic N) is 1. The van der Waals surface area contributed by atoms with Crippen LogP contribution in [0.25, 0.3) is 0 Å². The second kappa shape index (κ2) is 5.69. The molecule has 0 aromatic heterocycles. The molecule has 1 aromatic carbocycles. The summed E-state index contributed by atoms with van der Waals surface area (Å²) in [6.07, 6.45) is 3.97. The molecule has 2 bridgehead atoms. The van der Waals surface area contributed by atoms with E-state index in [2.05, 4.69) is 10.2 Å². The van der Waals surface area contributed by atoms with Crippen LogP contribution in [-0.4, -0.2) is 35.5 Å². The predicted molar refractivity (Wildman–Crippen MR) is 75.7 cm³/mol. The zero-order chi connectivity index (χ0) is 15.0. The van der Waals surface area contributed by atoms with Gasteiger partial charge in [0.1, 0.15) is 11.6 Å². The lowest BCUT2D eigenvalue weighted by Crippen LogP contribution is -2.49. The Labute approximate surface area is 122 Å². The zero-order valence-electron chi connectivity index (χ0n) is 11.7. The van der Waals surface area contributed by atoms with E-state index in [1.807, 2.05) is 0 Å². The van der Waals surface area contributed by atoms with Crippen LogP contribution in [0.4, 0.5) is 14.5 Å². The van der Waals surface area contributed by atoms with Crippen molar-refractivity contribution in [1.82, 2.24) is 4.90 Å². The molecule has 6 heteroatoms. The molecule has 2 heterocycles. The maximum Gasteiger partial charge on any atom is 0.238 e. The van der Waals surface area contributed by atoms with Gasteiger partial charge in [-0.25, -0.2) is 8.78 Å². The second-order valence-corrected chi connectivity index (χ2v) is 6.00. The molecule has 2 saturated heterocycles. The molecule has 0 aliphatic carbocycles. The first-order chi connectivity index (χ1) is 10.0. The fraction of sp³-hybridized carbons (Fsp3) is 0.533. The number of hydrogen-bond donors (Lipinski definition) is 2. The monoisotopic (exact) mass is 295 g/mol. The molecule has 0 radical (unpaired) electrons. The van der Waals surface area contributed by atoms with Crippen LogP contribution in [0.3, 0.4) is 0 Å². The first-order valence-electron chi connectivity index (χ1n) is 7.28. The number of fused-ring (bicyclic) bond motifs is 2. The van der Waals surface area contributed by atoms with Gasteiger partial charge in [0, 0.05) is 29.9 Å². The molecule has 2 fully saturated rings. The van der Waals surface area contributed by atoms with Crippen LogP contribution in [0.5, 0.6) is 0 Å². The number of carbonyl (C=O) groups excluding carboxylic acids is 1. The number of nitrogens with one attached hydrogen (secondary N) is 1. The summed E-state index contributed by atoms with van der Waals surface area (Å²) in [5.74, 6) is -1.64. The van der Waals surface area contributed by atoms with Crippen molar-refractivity contribution in [2.24, 2.45) is 5.73 Å². The highest BCUT2D eigenvalue weighted by Gasteiger charge is 2.40. The smallest absolute Gasteiger partial charge is 0.238 e. The van der Waals surface area contributed by atoms with E-state index in [1.54, 1.807) is 0 Å². The third kappa shape index (κ3) is 3.22. The molecule has 0 spiro atoms. The third-order valence-corrected chi connectivity index (χ3v) is 4.39. The number of benzene rings is 1. The lowest BCUT2D eigenvalue weighted by molar-refractivity contribution is -0.118. The van der Waals surface area contributed by atoms with Gasteiger partial charge in [0.15, 0.2) is 0 Å². The molecule has 1 amide bonds. The Hall–Kier alpha value is -1.53. The number of hydrogen-bond acceptors (Lipinski definition) is 3. The van der Waals surface area contributed by atoms with Crippen LogP contribution in [0, 0.1) is 11.6 Å². The Morgan fingerprint density at radius 1 is 1.19 bits per heavy atom. The molecule has 2 atom stereocenters. The quantitative estimate of drug-likeness (QED) is 0.895. The highest BCUT2D eigenvalue weighted by molar-refractivity contribution is 5.92. The van der Waals surface area contributed by atoms with E-state index in [4.69, 9.17) is 5.73 Å². The summed E-state index contributed by atoms with van der Waals surface area (Å²) in [7, 11) is 0. The minimum atomic E-state index is -0.700. The van der Waals surface area contributed by atoms with Gasteiger partial charge >= 0.3 is 0 Å². The summed E-state index contributed by atoms with van der Waals surface area (Å²) >= 11 is 0. The summed E-state index contributed by atoms with van der Waals surface area (Å²) < 4.78 is 26.2. The molecule has 21 heavy (non-hydrogen) atoms. The molecule has 0 saturated carbocycles. The first kappa shape index (κ1) is 14.4. The topological polar surface area (TPSA) is 58.4 Å². The van der Waals surface area contributed by atoms with Crippen molar-refractivity contribution in [3.63, 3.8) is 0 Å². The van der Waals surface area contributed by atoms with Gasteiger partial charge in [0.05, 0.1) is 6.54 Å². The number of carbonyl (C=O) groups is 1. The molecule has 114 valence electrons. The summed E-state index contributed by atoms with van der Waals surface area (Å²) in [4.78, 5) is 14.2. The summed E-state index contributed by atoms with van der Waals surface area (Å²) in [5.41, 5.74) is 6.15. The van der Waals surface area contributed by atoms with Gasteiger partial charge in [-0.3, -0.25) is 9.69 Å². The largest absolute Gasteiger partial charge is 0.328 e. The normalized spacial score (nSPS) is 28.6. The minimum Gasteiger partial charge on any atom is -0.328 e. The Morgan fingerprint density at radius 2 is 1.76 bits per heavy atom. The van der Waals surface area contributed by atoms with Gasteiger partial charge in [-0.15, -0.1) is 0 Å². The van der Waals surface area contributed by atoms with Crippen molar-refractivity contribution >= 4 is 11.6 Å². The predicted octanol–water partition coefficient (Wildman–Crippen LogP) is 1.86. The Kier molecular flexibility index (Phi) is 3.91. The maximum absolute atomic E-state index is 13.1. The van der Waals surface area contributed by atoms with Gasteiger partial charge in [-0.2, -0.15) is 0 Å². The fourth-order valence-electron chi connectivity index (χ4n) is 3.57. The van der Waals surface area contributed by atoms with Crippen molar-refractivity contribution < 1.29 is 13.6 Å². The van der Waals surface area contributed by atoms with Crippen molar-refractivity contribution in [3.8, 4) is 0 Å². The van der Waals surface area contributed by atoms with Crippen LogP contribution in [0.15, 0.2) is 18.2 Å². The Bertz CT molecular complexity index is 517. The lowest BCUT2D eigenvalue weighted by Gasteiger charge is -2.37. The number of rotatable bonds is 3. The van der Waals surface area contributed by atoms with E-state index in [9.17, 15) is 13.6 Å². The van der Waals surface area contributed by atoms with Crippen molar-refractivity contribution in [3.05, 3.63) is 29.8 Å². The van der Waals surface area contributed by atoms with Gasteiger partial charge in [-0.1, -0.05) is 0 Å². The van der Waals surface area contributed by atoms with Crippen molar-refractivity contribution in [1.29, 1.82) is 0 Å². The first-order valence-corrected chi connectivity index (χ1v) is 7.28. The van der Waals surface area contributed by atoms with Gasteiger partial charge < -0.3 is 11.1 Å². The Balaban J connectivity index is 1.62. The third-order valence-electron chi connectivity index (χ3n) is 4.39. The fourth-order valence-corrected chi connectivity index (χ4v) is 3.57. The van der Waals surface area contributed by atoms with Crippen LogP contribution in [0.1, 0.15) is 25.7 Å². The molecular weight excluding hydrogens is 276 g/mol. The molecule has 2 aliphatic rings. The van der Waals surface area contributed by atoms with E-state index in [0.717, 1.165) is 43.9 Å². The molecule has 2 unspecified atom stereocenters. The van der Waals surface area contributed by atoms with Crippen LogP contribution in [-0.2, 0) is 4.79 Å². The van der Waals surface area contributed by atoms with E-state index in [0.29, 0.717) is 12.1 Å². The number of piperidine rings is 1. The molecule has 3 N–H and O–H groups in total. The molecule has 1 aromatic rings. The average molecular weight is 295 g/mol. The highest BCUT2D eigenvalue weighted by atomic mass is 19.1. The molecule has 2 aliphatic heterocycles. The average Bonchev–Trinajstić information content (AvgIpc) is 2.61. The number of halogens is 2. The standard InChI is InChI=1S/C15H19F2N3O/c16-9-3-10(17)5-12(4-9)19-15(21)8-20-13-1-2-14(20)7-11(18)6-13/h3-5,11,13-14H,1-2,6-8,18H2,(H,19,21). The van der Waals surface area contributed by atoms with Crippen LogP contribution < -0.4 is 11.1 Å². The number of amides is 1. The molecular formula is C15H19F2N3O. The van der Waals surface area contributed by atoms with E-state index < -0.39 is 11.6 Å². The zero-order valence-corrected chi connectivity index (χ0v) is 11.7. The van der Waals surface area contributed by atoms with Crippen LogP contribution >= 0.6 is 0 Å². The summed E-state index contributed by atoms with van der Waals surface area (Å²) in [6, 6.07) is 3.94. The van der Waals surface area contributed by atoms with Crippen molar-refractivity contribution in [2.75, 3.05) is 11.9 Å². The number of anilines is 1. The van der Waals surface area contributed by atoms with Gasteiger partial charge in [0.2, 0.25) is 5.91 Å². The SMILES string of the molecule is NC1CC2CCC(C1)N2CC(=O)Nc1cc(F)cc(F)c1. The van der Waals surface area contributed by atoms with E-state index >= 15 is 0 Å². The Morgan fingerprint density at radius 3 is 2.33 bits per heavy atom. The van der Waals surface area contributed by atoms with E-state index in [-0.39, 0.29) is 24.2 Å². The van der Waals surface area contributed by atoms with Gasteiger partial charge in [-0.05, 0) is 37.8 Å². The van der Waals surface area contributed by atoms with Crippen LogP contribution in [0.2, 0.25) is 0 Å². The maximum atomic E-state index is 13.1. The van der Waals surface area contributed by atoms with Gasteiger partial charge in [0.25, 0.3) is 0 Å². The number of nitrogens with two attached hydrogens (primary N) is 1. The molecule has 3 rings (SSSR count). The van der Waals surface area contributed by atoms with Crippen molar-refractivity contribution in [2.45, 2.75) is 43.8 Å². The minimum absolute atomic E-state index is 0.151. The second-order valence-electron chi connectivity index (χ2n) is 6.00. The highest BCUT2D eigenvalue weighted by Crippen LogP contribution is 2.34. The van der Waals surface area contributed by atoms with E-state index in [1.165, 1.54) is 0 Å². The summed E-state index contributed by atoms with van der Waals surface area (Å²) in [5, 5.41) is 2.56. The molecule has 4 nitrogen and oxygen atoms in total.